The average molecular weight is 222 g/mol. The maximum Gasteiger partial charge on any atom is 0.170 e. The van der Waals surface area contributed by atoms with Crippen LogP contribution >= 0.6 is 0 Å². The Labute approximate surface area is 95.1 Å². The van der Waals surface area contributed by atoms with E-state index in [1.54, 1.807) is 6.08 Å². The minimum Gasteiger partial charge on any atom is -0.380 e. The Bertz CT molecular complexity index is 364. The summed E-state index contributed by atoms with van der Waals surface area (Å²) in [5.41, 5.74) is 10.9. The van der Waals surface area contributed by atoms with Crippen molar-refractivity contribution < 1.29 is 0 Å². The summed E-state index contributed by atoms with van der Waals surface area (Å²) >= 11 is 0. The molecule has 6 N–H and O–H groups in total. The van der Waals surface area contributed by atoms with Gasteiger partial charge in [0.05, 0.1) is 0 Å². The standard InChI is InChI=1S/C10H18N6/c1-3-9(10(11)15-16-12)14-6-8-5-13-4-7(8)2/h3,6,13,16H,4-5,12H2,1-2H3,(H2,11,15). The topological polar surface area (TPSA) is 101 Å². The number of amidine groups is 1. The minimum atomic E-state index is 0.269. The predicted molar refractivity (Wildman–Crippen MR) is 66.8 cm³/mol. The van der Waals surface area contributed by atoms with Crippen molar-refractivity contribution in [2.45, 2.75) is 13.8 Å². The summed E-state index contributed by atoms with van der Waals surface area (Å²) in [6.45, 7) is 5.69. The maximum absolute atomic E-state index is 5.65. The van der Waals surface area contributed by atoms with Crippen LogP contribution in [0.25, 0.3) is 0 Å². The Kier molecular flexibility index (Phi) is 4.68. The van der Waals surface area contributed by atoms with Crippen LogP contribution in [0.4, 0.5) is 0 Å². The first-order valence-corrected chi connectivity index (χ1v) is 5.08. The summed E-state index contributed by atoms with van der Waals surface area (Å²) in [5.74, 6) is 5.32. The lowest BCUT2D eigenvalue weighted by atomic mass is 10.2. The number of hydrogen-bond acceptors (Lipinski definition) is 5. The van der Waals surface area contributed by atoms with Crippen LogP contribution in [0.15, 0.2) is 33.0 Å². The van der Waals surface area contributed by atoms with E-state index in [-0.39, 0.29) is 5.84 Å². The first-order valence-electron chi connectivity index (χ1n) is 5.08. The van der Waals surface area contributed by atoms with E-state index in [9.17, 15) is 0 Å². The first kappa shape index (κ1) is 12.4. The summed E-state index contributed by atoms with van der Waals surface area (Å²) in [6.07, 6.45) is 3.59. The van der Waals surface area contributed by atoms with Crippen LogP contribution < -0.4 is 22.4 Å². The first-order chi connectivity index (χ1) is 7.69. The van der Waals surface area contributed by atoms with Gasteiger partial charge in [0.2, 0.25) is 0 Å². The molecule has 0 atom stereocenters. The van der Waals surface area contributed by atoms with Gasteiger partial charge in [0.15, 0.2) is 5.84 Å². The summed E-state index contributed by atoms with van der Waals surface area (Å²) in [7, 11) is 0. The Hall–Kier alpha value is -1.66. The van der Waals surface area contributed by atoms with Crippen molar-refractivity contribution in [2.24, 2.45) is 21.7 Å². The molecular formula is C10H18N6. The lowest BCUT2D eigenvalue weighted by molar-refractivity contribution is 0.803. The predicted octanol–water partition coefficient (Wildman–Crippen LogP) is -0.384. The van der Waals surface area contributed by atoms with Crippen LogP contribution in [0.5, 0.6) is 0 Å². The molecule has 1 heterocycles. The Morgan fingerprint density at radius 3 is 2.75 bits per heavy atom. The molecule has 88 valence electrons. The van der Waals surface area contributed by atoms with Crippen LogP contribution in [0.3, 0.4) is 0 Å². The summed E-state index contributed by atoms with van der Waals surface area (Å²) in [6, 6.07) is 0. The van der Waals surface area contributed by atoms with Crippen molar-refractivity contribution >= 4 is 12.1 Å². The molecule has 0 radical (unpaired) electrons. The second-order valence-electron chi connectivity index (χ2n) is 3.47. The molecule has 6 heteroatoms. The number of hydrazine groups is 1. The lowest BCUT2D eigenvalue weighted by Crippen LogP contribution is -2.23. The molecule has 0 aliphatic carbocycles. The fourth-order valence-electron chi connectivity index (χ4n) is 1.37. The largest absolute Gasteiger partial charge is 0.380 e. The quantitative estimate of drug-likeness (QED) is 0.225. The molecule has 0 amide bonds. The molecule has 0 bridgehead atoms. The van der Waals surface area contributed by atoms with Crippen LogP contribution in [0.2, 0.25) is 0 Å². The number of nitrogens with one attached hydrogen (secondary N) is 2. The van der Waals surface area contributed by atoms with Crippen LogP contribution in [0, 0.1) is 0 Å². The molecule has 0 aromatic rings. The van der Waals surface area contributed by atoms with Crippen molar-refractivity contribution in [2.75, 3.05) is 13.1 Å². The van der Waals surface area contributed by atoms with Gasteiger partial charge in [-0.1, -0.05) is 11.6 Å². The highest BCUT2D eigenvalue weighted by atomic mass is 15.5. The van der Waals surface area contributed by atoms with Gasteiger partial charge in [-0.2, -0.15) is 0 Å². The monoisotopic (exact) mass is 222 g/mol. The van der Waals surface area contributed by atoms with E-state index < -0.39 is 0 Å². The van der Waals surface area contributed by atoms with Gasteiger partial charge >= 0.3 is 0 Å². The van der Waals surface area contributed by atoms with Crippen molar-refractivity contribution in [3.8, 4) is 0 Å². The SMILES string of the molecule is CC=C(N=CC1=C(C)CNC1)/C(N)=N/NN. The zero-order chi connectivity index (χ0) is 12.0. The number of hydrogen-bond donors (Lipinski definition) is 4. The summed E-state index contributed by atoms with van der Waals surface area (Å²) in [4.78, 5) is 4.28. The highest BCUT2D eigenvalue weighted by Gasteiger charge is 2.07. The molecule has 0 spiro atoms. The zero-order valence-corrected chi connectivity index (χ0v) is 9.62. The third-order valence-corrected chi connectivity index (χ3v) is 2.33. The fraction of sp³-hybridized carbons (Fsp3) is 0.400. The Morgan fingerprint density at radius 2 is 2.25 bits per heavy atom. The molecule has 0 aromatic carbocycles. The average Bonchev–Trinajstić information content (AvgIpc) is 2.66. The van der Waals surface area contributed by atoms with Crippen molar-refractivity contribution in [1.29, 1.82) is 0 Å². The normalized spacial score (nSPS) is 18.7. The van der Waals surface area contributed by atoms with Crippen LogP contribution in [-0.2, 0) is 0 Å². The maximum atomic E-state index is 5.65. The van der Waals surface area contributed by atoms with Gasteiger partial charge in [-0.15, -0.1) is 5.10 Å². The van der Waals surface area contributed by atoms with E-state index in [0.29, 0.717) is 5.70 Å². The number of aliphatic imine (C=N–C) groups is 1. The molecule has 0 saturated heterocycles. The van der Waals surface area contributed by atoms with Gasteiger partial charge in [0, 0.05) is 19.3 Å². The molecule has 0 fully saturated rings. The fourth-order valence-corrected chi connectivity index (χ4v) is 1.37. The summed E-state index contributed by atoms with van der Waals surface area (Å²) in [5, 5.41) is 6.91. The van der Waals surface area contributed by atoms with Gasteiger partial charge < -0.3 is 11.1 Å². The van der Waals surface area contributed by atoms with Gasteiger partial charge in [-0.05, 0) is 19.4 Å². The molecule has 0 aromatic heterocycles. The van der Waals surface area contributed by atoms with Gasteiger partial charge in [0.1, 0.15) is 5.70 Å². The molecule has 6 nitrogen and oxygen atoms in total. The van der Waals surface area contributed by atoms with E-state index >= 15 is 0 Å². The number of hydrazone groups is 1. The van der Waals surface area contributed by atoms with E-state index in [4.69, 9.17) is 11.6 Å². The Morgan fingerprint density at radius 1 is 1.50 bits per heavy atom. The zero-order valence-electron chi connectivity index (χ0n) is 9.62. The van der Waals surface area contributed by atoms with Crippen molar-refractivity contribution in [1.82, 2.24) is 10.9 Å². The van der Waals surface area contributed by atoms with Crippen LogP contribution in [0.1, 0.15) is 13.8 Å². The van der Waals surface area contributed by atoms with Gasteiger partial charge in [-0.25, -0.2) is 11.4 Å². The second kappa shape index (κ2) is 6.04. The molecule has 1 rings (SSSR count). The third-order valence-electron chi connectivity index (χ3n) is 2.33. The van der Waals surface area contributed by atoms with E-state index in [1.165, 1.54) is 11.1 Å². The highest BCUT2D eigenvalue weighted by molar-refractivity contribution is 5.98. The van der Waals surface area contributed by atoms with Crippen molar-refractivity contribution in [3.05, 3.63) is 22.9 Å². The molecule has 0 saturated carbocycles. The molecule has 16 heavy (non-hydrogen) atoms. The number of allylic oxidation sites excluding steroid dienone is 1. The highest BCUT2D eigenvalue weighted by Crippen LogP contribution is 2.07. The smallest absolute Gasteiger partial charge is 0.170 e. The number of rotatable bonds is 4. The van der Waals surface area contributed by atoms with E-state index in [1.807, 2.05) is 13.1 Å². The number of nitrogens with zero attached hydrogens (tertiary/aromatic N) is 2. The Balaban J connectivity index is 2.75. The molecule has 1 aliphatic heterocycles. The lowest BCUT2D eigenvalue weighted by Gasteiger charge is -2.00. The second-order valence-corrected chi connectivity index (χ2v) is 3.47. The van der Waals surface area contributed by atoms with E-state index in [2.05, 4.69) is 27.9 Å². The van der Waals surface area contributed by atoms with Gasteiger partial charge in [0.25, 0.3) is 0 Å². The van der Waals surface area contributed by atoms with Gasteiger partial charge in [-0.3, -0.25) is 4.99 Å². The number of nitrogens with two attached hydrogens (primary N) is 2. The molecule has 0 unspecified atom stereocenters. The van der Waals surface area contributed by atoms with E-state index in [0.717, 1.165) is 13.1 Å². The molecular weight excluding hydrogens is 204 g/mol. The third kappa shape index (κ3) is 3.18. The summed E-state index contributed by atoms with van der Waals surface area (Å²) < 4.78 is 0. The van der Waals surface area contributed by atoms with Crippen LogP contribution in [-0.4, -0.2) is 25.1 Å². The minimum absolute atomic E-state index is 0.269. The molecule has 1 aliphatic rings. The van der Waals surface area contributed by atoms with Crippen molar-refractivity contribution in [3.63, 3.8) is 0 Å².